The highest BCUT2D eigenvalue weighted by atomic mass is 35.5. The number of hydrogen-bond donors (Lipinski definition) is 0. The van der Waals surface area contributed by atoms with Gasteiger partial charge in [0.25, 0.3) is 0 Å². The zero-order valence-electron chi connectivity index (χ0n) is 12.8. The van der Waals surface area contributed by atoms with Gasteiger partial charge in [0.05, 0.1) is 12.5 Å². The molecule has 116 valence electrons. The van der Waals surface area contributed by atoms with Crippen LogP contribution in [-0.2, 0) is 10.2 Å². The molecule has 0 spiro atoms. The number of piperidine rings is 1. The third-order valence-electron chi connectivity index (χ3n) is 4.92. The highest BCUT2D eigenvalue weighted by molar-refractivity contribution is 6.30. The van der Waals surface area contributed by atoms with Crippen LogP contribution in [0.2, 0.25) is 5.02 Å². The minimum absolute atomic E-state index is 0.0972. The fourth-order valence-corrected chi connectivity index (χ4v) is 3.72. The van der Waals surface area contributed by atoms with Crippen molar-refractivity contribution in [2.24, 2.45) is 5.92 Å². The van der Waals surface area contributed by atoms with Crippen molar-refractivity contribution < 1.29 is 9.53 Å². The summed E-state index contributed by atoms with van der Waals surface area (Å²) in [6.07, 6.45) is 0.832. The Morgan fingerprint density at radius 2 is 1.83 bits per heavy atom. The van der Waals surface area contributed by atoms with Crippen molar-refractivity contribution in [3.8, 4) is 5.75 Å². The molecule has 3 nitrogen and oxygen atoms in total. The van der Waals surface area contributed by atoms with Gasteiger partial charge in [0.1, 0.15) is 5.75 Å². The van der Waals surface area contributed by atoms with Crippen molar-refractivity contribution in [3.05, 3.63) is 71.4 Å². The molecular formula is C19H16ClNO2. The standard InChI is InChI=1S/C19H16ClNO2/c1-12-17-11-19(17,13-3-5-14(20)6-4-13)18(22)21(12)15-7-9-16(23-2)10-8-15/h3-10,17H,1,11H2,2H3. The number of amides is 1. The van der Waals surface area contributed by atoms with Crippen molar-refractivity contribution in [2.45, 2.75) is 11.8 Å². The van der Waals surface area contributed by atoms with Crippen molar-refractivity contribution in [1.82, 2.24) is 0 Å². The maximum atomic E-state index is 13.1. The molecule has 2 atom stereocenters. The maximum Gasteiger partial charge on any atom is 0.242 e. The second kappa shape index (κ2) is 4.87. The largest absolute Gasteiger partial charge is 0.497 e. The van der Waals surface area contributed by atoms with Gasteiger partial charge in [-0.1, -0.05) is 30.3 Å². The van der Waals surface area contributed by atoms with E-state index >= 15 is 0 Å². The van der Waals surface area contributed by atoms with Crippen LogP contribution in [0.3, 0.4) is 0 Å². The number of nitrogens with zero attached hydrogens (tertiary/aromatic N) is 1. The number of hydrogen-bond acceptors (Lipinski definition) is 2. The Bertz CT molecular complexity index is 797. The first-order valence-electron chi connectivity index (χ1n) is 7.51. The lowest BCUT2D eigenvalue weighted by Gasteiger charge is -2.22. The Hall–Kier alpha value is -2.26. The summed E-state index contributed by atoms with van der Waals surface area (Å²) in [5.74, 6) is 1.04. The van der Waals surface area contributed by atoms with E-state index in [9.17, 15) is 4.79 Å². The zero-order valence-corrected chi connectivity index (χ0v) is 13.5. The summed E-state index contributed by atoms with van der Waals surface area (Å²) in [7, 11) is 1.62. The number of methoxy groups -OCH3 is 1. The fourth-order valence-electron chi connectivity index (χ4n) is 3.59. The summed E-state index contributed by atoms with van der Waals surface area (Å²) in [5.41, 5.74) is 2.27. The Labute approximate surface area is 140 Å². The van der Waals surface area contributed by atoms with Crippen LogP contribution in [0.4, 0.5) is 5.69 Å². The number of anilines is 1. The molecule has 1 saturated carbocycles. The molecule has 1 aliphatic heterocycles. The first kappa shape index (κ1) is 14.3. The number of ether oxygens (including phenoxy) is 1. The molecule has 23 heavy (non-hydrogen) atoms. The molecule has 0 radical (unpaired) electrons. The lowest BCUT2D eigenvalue weighted by atomic mass is 9.94. The molecule has 2 unspecified atom stereocenters. The summed E-state index contributed by atoms with van der Waals surface area (Å²) >= 11 is 5.97. The number of allylic oxidation sites excluding steroid dienone is 1. The molecule has 4 heteroatoms. The van der Waals surface area contributed by atoms with E-state index in [1.807, 2.05) is 48.5 Å². The number of carbonyl (C=O) groups is 1. The Morgan fingerprint density at radius 3 is 2.43 bits per heavy atom. The van der Waals surface area contributed by atoms with Gasteiger partial charge < -0.3 is 4.74 Å². The molecule has 1 heterocycles. The second-order valence-electron chi connectivity index (χ2n) is 6.06. The average Bonchev–Trinajstić information content (AvgIpc) is 3.28. The summed E-state index contributed by atoms with van der Waals surface area (Å²) in [4.78, 5) is 14.9. The lowest BCUT2D eigenvalue weighted by molar-refractivity contribution is -0.119. The van der Waals surface area contributed by atoms with E-state index in [2.05, 4.69) is 6.58 Å². The summed E-state index contributed by atoms with van der Waals surface area (Å²) in [6, 6.07) is 15.1. The number of rotatable bonds is 3. The van der Waals surface area contributed by atoms with Crippen LogP contribution >= 0.6 is 11.6 Å². The monoisotopic (exact) mass is 325 g/mol. The molecule has 0 aromatic heterocycles. The number of fused-ring (bicyclic) bond motifs is 1. The Balaban J connectivity index is 1.71. The molecule has 4 rings (SSSR count). The van der Waals surface area contributed by atoms with E-state index in [0.29, 0.717) is 5.02 Å². The minimum Gasteiger partial charge on any atom is -0.497 e. The van der Waals surface area contributed by atoms with Gasteiger partial charge in [-0.3, -0.25) is 9.69 Å². The number of benzene rings is 2. The quantitative estimate of drug-likeness (QED) is 0.847. The molecule has 0 bridgehead atoms. The smallest absolute Gasteiger partial charge is 0.242 e. The number of halogens is 1. The summed E-state index contributed by atoms with van der Waals surface area (Å²) < 4.78 is 5.18. The molecule has 2 aromatic carbocycles. The molecule has 2 fully saturated rings. The molecule has 1 amide bonds. The van der Waals surface area contributed by atoms with Crippen molar-refractivity contribution in [3.63, 3.8) is 0 Å². The van der Waals surface area contributed by atoms with E-state index in [0.717, 1.165) is 29.1 Å². The molecular weight excluding hydrogens is 310 g/mol. The van der Waals surface area contributed by atoms with Crippen molar-refractivity contribution >= 4 is 23.2 Å². The third kappa shape index (κ3) is 1.93. The SMILES string of the molecule is C=C1C2CC2(c2ccc(Cl)cc2)C(=O)N1c1ccc(OC)cc1. The van der Waals surface area contributed by atoms with Gasteiger partial charge in [-0.2, -0.15) is 0 Å². The van der Waals surface area contributed by atoms with E-state index in [4.69, 9.17) is 16.3 Å². The lowest BCUT2D eigenvalue weighted by Crippen LogP contribution is -2.32. The van der Waals surface area contributed by atoms with Gasteiger partial charge >= 0.3 is 0 Å². The van der Waals surface area contributed by atoms with Gasteiger partial charge in [-0.05, 0) is 48.4 Å². The molecule has 2 aromatic rings. The van der Waals surface area contributed by atoms with Crippen LogP contribution in [0.1, 0.15) is 12.0 Å². The Kier molecular flexibility index (Phi) is 3.03. The van der Waals surface area contributed by atoms with Crippen molar-refractivity contribution in [1.29, 1.82) is 0 Å². The summed E-state index contributed by atoms with van der Waals surface area (Å²) in [5, 5.41) is 0.679. The maximum absolute atomic E-state index is 13.1. The van der Waals surface area contributed by atoms with Crippen LogP contribution in [-0.4, -0.2) is 13.0 Å². The molecule has 1 aliphatic carbocycles. The van der Waals surface area contributed by atoms with Crippen LogP contribution in [0.25, 0.3) is 0 Å². The molecule has 2 aliphatic rings. The Morgan fingerprint density at radius 1 is 1.17 bits per heavy atom. The van der Waals surface area contributed by atoms with E-state index in [-0.39, 0.29) is 11.8 Å². The third-order valence-corrected chi connectivity index (χ3v) is 5.18. The van der Waals surface area contributed by atoms with Gasteiger partial charge in [-0.25, -0.2) is 0 Å². The first-order valence-corrected chi connectivity index (χ1v) is 7.89. The highest BCUT2D eigenvalue weighted by Crippen LogP contribution is 2.64. The second-order valence-corrected chi connectivity index (χ2v) is 6.50. The minimum atomic E-state index is -0.457. The zero-order chi connectivity index (χ0) is 16.2. The predicted octanol–water partition coefficient (Wildman–Crippen LogP) is 4.17. The van der Waals surface area contributed by atoms with E-state index in [1.165, 1.54) is 0 Å². The highest BCUT2D eigenvalue weighted by Gasteiger charge is 2.69. The topological polar surface area (TPSA) is 29.5 Å². The van der Waals surface area contributed by atoms with Crippen LogP contribution in [0.15, 0.2) is 60.8 Å². The molecule has 0 N–H and O–H groups in total. The van der Waals surface area contributed by atoms with E-state index < -0.39 is 5.41 Å². The normalized spacial score (nSPS) is 25.5. The van der Waals surface area contributed by atoms with Crippen LogP contribution in [0.5, 0.6) is 5.75 Å². The van der Waals surface area contributed by atoms with Crippen LogP contribution < -0.4 is 9.64 Å². The van der Waals surface area contributed by atoms with Gasteiger partial charge in [0.2, 0.25) is 5.91 Å². The van der Waals surface area contributed by atoms with Crippen molar-refractivity contribution in [2.75, 3.05) is 12.0 Å². The van der Waals surface area contributed by atoms with Gasteiger partial charge in [0.15, 0.2) is 0 Å². The van der Waals surface area contributed by atoms with Gasteiger partial charge in [-0.15, -0.1) is 0 Å². The van der Waals surface area contributed by atoms with Gasteiger partial charge in [0, 0.05) is 22.3 Å². The summed E-state index contributed by atoms with van der Waals surface area (Å²) in [6.45, 7) is 4.16. The fraction of sp³-hybridized carbons (Fsp3) is 0.211. The molecule has 1 saturated heterocycles. The average molecular weight is 326 g/mol. The first-order chi connectivity index (χ1) is 11.1. The number of carbonyl (C=O) groups excluding carboxylic acids is 1. The van der Waals surface area contributed by atoms with E-state index in [1.54, 1.807) is 12.0 Å². The van der Waals surface area contributed by atoms with Crippen LogP contribution in [0, 0.1) is 5.92 Å². The predicted molar refractivity (Wildman–Crippen MR) is 90.9 cm³/mol.